The summed E-state index contributed by atoms with van der Waals surface area (Å²) in [6.45, 7) is 7.27. The zero-order valence-electron chi connectivity index (χ0n) is 15.6. The van der Waals surface area contributed by atoms with Crippen molar-refractivity contribution in [1.82, 2.24) is 9.97 Å². The summed E-state index contributed by atoms with van der Waals surface area (Å²) in [5, 5.41) is 4.54. The van der Waals surface area contributed by atoms with Gasteiger partial charge in [0.15, 0.2) is 0 Å². The highest BCUT2D eigenvalue weighted by molar-refractivity contribution is 5.90. The first-order valence-corrected chi connectivity index (χ1v) is 9.53. The molecular formula is C22H26N4. The lowest BCUT2D eigenvalue weighted by Gasteiger charge is -2.30. The van der Waals surface area contributed by atoms with Crippen LogP contribution in [0.2, 0.25) is 0 Å². The molecule has 1 aromatic heterocycles. The van der Waals surface area contributed by atoms with Crippen LogP contribution in [0.4, 0.5) is 11.8 Å². The van der Waals surface area contributed by atoms with Crippen LogP contribution >= 0.6 is 0 Å². The summed E-state index contributed by atoms with van der Waals surface area (Å²) in [6, 6.07) is 17.0. The first-order valence-electron chi connectivity index (χ1n) is 9.53. The van der Waals surface area contributed by atoms with Crippen molar-refractivity contribution in [3.8, 4) is 0 Å². The van der Waals surface area contributed by atoms with E-state index >= 15 is 0 Å². The SMILES string of the molecule is CC(C)CCNc1nc(N2CCc3ccccc3C2)c2ccccc2n1. The molecule has 0 unspecified atom stereocenters. The van der Waals surface area contributed by atoms with E-state index in [9.17, 15) is 0 Å². The first kappa shape index (κ1) is 16.8. The molecule has 1 N–H and O–H groups in total. The van der Waals surface area contributed by atoms with Gasteiger partial charge in [-0.15, -0.1) is 0 Å². The predicted molar refractivity (Wildman–Crippen MR) is 109 cm³/mol. The number of rotatable bonds is 5. The molecule has 0 spiro atoms. The summed E-state index contributed by atoms with van der Waals surface area (Å²) in [4.78, 5) is 12.0. The van der Waals surface area contributed by atoms with Crippen LogP contribution in [0.1, 0.15) is 31.4 Å². The third-order valence-corrected chi connectivity index (χ3v) is 5.02. The van der Waals surface area contributed by atoms with Gasteiger partial charge in [-0.3, -0.25) is 0 Å². The molecule has 0 aliphatic carbocycles. The number of benzene rings is 2. The summed E-state index contributed by atoms with van der Waals surface area (Å²) in [5.41, 5.74) is 3.86. The minimum absolute atomic E-state index is 0.668. The Hall–Kier alpha value is -2.62. The van der Waals surface area contributed by atoms with E-state index in [-0.39, 0.29) is 0 Å². The van der Waals surface area contributed by atoms with Crippen molar-refractivity contribution in [2.45, 2.75) is 33.2 Å². The second kappa shape index (κ2) is 7.32. The van der Waals surface area contributed by atoms with Crippen LogP contribution in [0.3, 0.4) is 0 Å². The molecule has 1 aliphatic rings. The summed E-state index contributed by atoms with van der Waals surface area (Å²) < 4.78 is 0. The van der Waals surface area contributed by atoms with Crippen molar-refractivity contribution >= 4 is 22.7 Å². The number of fused-ring (bicyclic) bond motifs is 2. The Morgan fingerprint density at radius 1 is 1.00 bits per heavy atom. The number of hydrogen-bond donors (Lipinski definition) is 1. The fraction of sp³-hybridized carbons (Fsp3) is 0.364. The maximum atomic E-state index is 4.90. The highest BCUT2D eigenvalue weighted by atomic mass is 15.2. The molecule has 2 aromatic carbocycles. The van der Waals surface area contributed by atoms with Crippen LogP contribution in [0.15, 0.2) is 48.5 Å². The Kier molecular flexibility index (Phi) is 4.74. The van der Waals surface area contributed by atoms with E-state index in [0.29, 0.717) is 5.92 Å². The summed E-state index contributed by atoms with van der Waals surface area (Å²) >= 11 is 0. The van der Waals surface area contributed by atoms with Gasteiger partial charge in [-0.05, 0) is 42.0 Å². The molecule has 4 nitrogen and oxygen atoms in total. The Morgan fingerprint density at radius 3 is 2.62 bits per heavy atom. The molecule has 2 heterocycles. The van der Waals surface area contributed by atoms with Gasteiger partial charge < -0.3 is 10.2 Å². The fourth-order valence-electron chi connectivity index (χ4n) is 3.53. The van der Waals surface area contributed by atoms with E-state index in [4.69, 9.17) is 9.97 Å². The van der Waals surface area contributed by atoms with Crippen molar-refractivity contribution in [2.75, 3.05) is 23.3 Å². The summed E-state index contributed by atoms with van der Waals surface area (Å²) in [7, 11) is 0. The Bertz CT molecular complexity index is 904. The van der Waals surface area contributed by atoms with Crippen molar-refractivity contribution in [1.29, 1.82) is 0 Å². The largest absolute Gasteiger partial charge is 0.354 e. The average Bonchev–Trinajstić information content (AvgIpc) is 2.66. The zero-order valence-corrected chi connectivity index (χ0v) is 15.6. The van der Waals surface area contributed by atoms with Gasteiger partial charge in [0.05, 0.1) is 5.52 Å². The van der Waals surface area contributed by atoms with Crippen molar-refractivity contribution in [3.63, 3.8) is 0 Å². The van der Waals surface area contributed by atoms with E-state index in [2.05, 4.69) is 66.5 Å². The van der Waals surface area contributed by atoms with E-state index < -0.39 is 0 Å². The van der Waals surface area contributed by atoms with Crippen LogP contribution in [-0.2, 0) is 13.0 Å². The quantitative estimate of drug-likeness (QED) is 0.730. The van der Waals surface area contributed by atoms with Crippen LogP contribution in [0.5, 0.6) is 0 Å². The molecular weight excluding hydrogens is 320 g/mol. The third-order valence-electron chi connectivity index (χ3n) is 5.02. The minimum Gasteiger partial charge on any atom is -0.354 e. The number of hydrogen-bond acceptors (Lipinski definition) is 4. The molecule has 0 bridgehead atoms. The Balaban J connectivity index is 1.67. The van der Waals surface area contributed by atoms with Crippen molar-refractivity contribution in [3.05, 3.63) is 59.7 Å². The van der Waals surface area contributed by atoms with Gasteiger partial charge in [-0.25, -0.2) is 4.98 Å². The monoisotopic (exact) mass is 346 g/mol. The van der Waals surface area contributed by atoms with Crippen molar-refractivity contribution in [2.24, 2.45) is 5.92 Å². The maximum Gasteiger partial charge on any atom is 0.225 e. The lowest BCUT2D eigenvalue weighted by atomic mass is 10.00. The van der Waals surface area contributed by atoms with Crippen LogP contribution < -0.4 is 10.2 Å². The molecule has 0 amide bonds. The molecule has 26 heavy (non-hydrogen) atoms. The van der Waals surface area contributed by atoms with Crippen molar-refractivity contribution < 1.29 is 0 Å². The number of anilines is 2. The van der Waals surface area contributed by atoms with E-state index in [0.717, 1.165) is 55.1 Å². The second-order valence-corrected chi connectivity index (χ2v) is 7.44. The number of para-hydroxylation sites is 1. The zero-order chi connectivity index (χ0) is 17.9. The smallest absolute Gasteiger partial charge is 0.225 e. The molecule has 0 atom stereocenters. The lowest BCUT2D eigenvalue weighted by molar-refractivity contribution is 0.606. The van der Waals surface area contributed by atoms with Gasteiger partial charge in [0, 0.05) is 25.0 Å². The number of nitrogens with zero attached hydrogens (tertiary/aromatic N) is 3. The van der Waals surface area contributed by atoms with Gasteiger partial charge in [-0.2, -0.15) is 4.98 Å². The highest BCUT2D eigenvalue weighted by Crippen LogP contribution is 2.29. The highest BCUT2D eigenvalue weighted by Gasteiger charge is 2.20. The Labute approximate surface area is 155 Å². The van der Waals surface area contributed by atoms with E-state index in [1.54, 1.807) is 0 Å². The molecule has 4 rings (SSSR count). The molecule has 0 saturated carbocycles. The minimum atomic E-state index is 0.668. The van der Waals surface area contributed by atoms with Crippen LogP contribution in [0.25, 0.3) is 10.9 Å². The predicted octanol–water partition coefficient (Wildman–Crippen LogP) is 4.65. The van der Waals surface area contributed by atoms with E-state index in [1.165, 1.54) is 11.1 Å². The normalized spacial score (nSPS) is 13.9. The van der Waals surface area contributed by atoms with E-state index in [1.807, 2.05) is 6.07 Å². The van der Waals surface area contributed by atoms with Crippen LogP contribution in [0, 0.1) is 5.92 Å². The third kappa shape index (κ3) is 3.50. The molecule has 134 valence electrons. The van der Waals surface area contributed by atoms with Gasteiger partial charge in [0.2, 0.25) is 5.95 Å². The van der Waals surface area contributed by atoms with Gasteiger partial charge in [0.1, 0.15) is 5.82 Å². The molecule has 4 heteroatoms. The molecule has 0 radical (unpaired) electrons. The molecule has 0 fully saturated rings. The van der Waals surface area contributed by atoms with Gasteiger partial charge >= 0.3 is 0 Å². The number of nitrogens with one attached hydrogen (secondary N) is 1. The fourth-order valence-corrected chi connectivity index (χ4v) is 3.53. The summed E-state index contributed by atoms with van der Waals surface area (Å²) in [5.74, 6) is 2.44. The topological polar surface area (TPSA) is 41.1 Å². The maximum absolute atomic E-state index is 4.90. The Morgan fingerprint density at radius 2 is 1.77 bits per heavy atom. The second-order valence-electron chi connectivity index (χ2n) is 7.44. The first-order chi connectivity index (χ1) is 12.7. The lowest BCUT2D eigenvalue weighted by Crippen LogP contribution is -2.31. The average molecular weight is 346 g/mol. The molecule has 3 aromatic rings. The standard InChI is InChI=1S/C22H26N4/c1-16(2)11-13-23-22-24-20-10-6-5-9-19(20)21(25-22)26-14-12-17-7-3-4-8-18(17)15-26/h3-10,16H,11-15H2,1-2H3,(H,23,24,25). The van der Waals surface area contributed by atoms with Gasteiger partial charge in [-0.1, -0.05) is 50.2 Å². The summed E-state index contributed by atoms with van der Waals surface area (Å²) in [6.07, 6.45) is 2.17. The van der Waals surface area contributed by atoms with Gasteiger partial charge in [0.25, 0.3) is 0 Å². The van der Waals surface area contributed by atoms with Crippen LogP contribution in [-0.4, -0.2) is 23.1 Å². The number of aromatic nitrogens is 2. The molecule has 0 saturated heterocycles. The molecule has 1 aliphatic heterocycles.